The molecule has 1 aromatic carbocycles. The van der Waals surface area contributed by atoms with Crippen molar-refractivity contribution in [1.82, 2.24) is 0 Å². The van der Waals surface area contributed by atoms with Gasteiger partial charge in [0.1, 0.15) is 5.82 Å². The number of aliphatic hydroxyl groups excluding tert-OH is 1. The van der Waals surface area contributed by atoms with Crippen LogP contribution in [-0.2, 0) is 16.1 Å². The first kappa shape index (κ1) is 16.0. The topological polar surface area (TPSA) is 38.7 Å². The van der Waals surface area contributed by atoms with Gasteiger partial charge in [-0.15, -0.1) is 0 Å². The molecule has 1 saturated heterocycles. The molecule has 3 nitrogen and oxygen atoms in total. The molecule has 2 rings (SSSR count). The molecule has 1 aliphatic rings. The van der Waals surface area contributed by atoms with E-state index in [2.05, 4.69) is 11.8 Å². The number of aliphatic hydroxyl groups is 1. The van der Waals surface area contributed by atoms with Crippen molar-refractivity contribution in [3.63, 3.8) is 0 Å². The van der Waals surface area contributed by atoms with Crippen LogP contribution >= 0.6 is 0 Å². The first-order valence-electron chi connectivity index (χ1n) is 7.37. The normalized spacial score (nSPS) is 18.1. The highest BCUT2D eigenvalue weighted by molar-refractivity contribution is 5.38. The molecule has 0 radical (unpaired) electrons. The van der Waals surface area contributed by atoms with Crippen LogP contribution in [0, 0.1) is 17.7 Å². The molecule has 1 N–H and O–H groups in total. The molecule has 1 atom stereocenters. The standard InChI is InChI=1S/C17H21FO3/c18-17-8-7-14(11-15(17)5-1-3-9-19)12-20-13-16-6-2-4-10-21-16/h7-8,11,16,19H,2-4,6,9-10,12-13H2. The fraction of sp³-hybridized carbons (Fsp3) is 0.529. The van der Waals surface area contributed by atoms with Gasteiger partial charge in [-0.2, -0.15) is 0 Å². The van der Waals surface area contributed by atoms with Gasteiger partial charge >= 0.3 is 0 Å². The molecule has 1 unspecified atom stereocenters. The summed E-state index contributed by atoms with van der Waals surface area (Å²) in [5.41, 5.74) is 1.24. The van der Waals surface area contributed by atoms with Crippen LogP contribution in [0.5, 0.6) is 0 Å². The summed E-state index contributed by atoms with van der Waals surface area (Å²) in [6, 6.07) is 4.80. The Balaban J connectivity index is 1.85. The van der Waals surface area contributed by atoms with Crippen molar-refractivity contribution in [2.75, 3.05) is 19.8 Å². The van der Waals surface area contributed by atoms with Crippen LogP contribution < -0.4 is 0 Å². The van der Waals surface area contributed by atoms with E-state index in [1.54, 1.807) is 12.1 Å². The van der Waals surface area contributed by atoms with Gasteiger partial charge in [0, 0.05) is 13.0 Å². The summed E-state index contributed by atoms with van der Waals surface area (Å²) >= 11 is 0. The minimum atomic E-state index is -0.347. The summed E-state index contributed by atoms with van der Waals surface area (Å²) in [5.74, 6) is 5.11. The van der Waals surface area contributed by atoms with Gasteiger partial charge in [-0.25, -0.2) is 4.39 Å². The Morgan fingerprint density at radius 1 is 1.38 bits per heavy atom. The van der Waals surface area contributed by atoms with Gasteiger partial charge in [-0.05, 0) is 37.0 Å². The molecular weight excluding hydrogens is 271 g/mol. The highest BCUT2D eigenvalue weighted by Crippen LogP contribution is 2.14. The van der Waals surface area contributed by atoms with Crippen LogP contribution in [0.15, 0.2) is 18.2 Å². The van der Waals surface area contributed by atoms with Gasteiger partial charge in [0.25, 0.3) is 0 Å². The summed E-state index contributed by atoms with van der Waals surface area (Å²) in [4.78, 5) is 0. The lowest BCUT2D eigenvalue weighted by Gasteiger charge is -2.22. The SMILES string of the molecule is OCCC#Cc1cc(COCC2CCCCO2)ccc1F. The number of halogens is 1. The third-order valence-electron chi connectivity index (χ3n) is 3.34. The van der Waals surface area contributed by atoms with Gasteiger partial charge < -0.3 is 14.6 Å². The molecule has 0 spiro atoms. The first-order chi connectivity index (χ1) is 10.3. The number of hydrogen-bond donors (Lipinski definition) is 1. The van der Waals surface area contributed by atoms with E-state index < -0.39 is 0 Å². The monoisotopic (exact) mass is 292 g/mol. The molecular formula is C17H21FO3. The lowest BCUT2D eigenvalue weighted by molar-refractivity contribution is -0.0447. The lowest BCUT2D eigenvalue weighted by atomic mass is 10.1. The maximum absolute atomic E-state index is 13.6. The van der Waals surface area contributed by atoms with Gasteiger partial charge in [0.05, 0.1) is 31.5 Å². The quantitative estimate of drug-likeness (QED) is 0.848. The van der Waals surface area contributed by atoms with Crippen molar-refractivity contribution in [2.24, 2.45) is 0 Å². The predicted molar refractivity (Wildman–Crippen MR) is 78.2 cm³/mol. The molecule has 1 heterocycles. The Kier molecular flexibility index (Phi) is 6.68. The zero-order valence-corrected chi connectivity index (χ0v) is 12.1. The second-order valence-corrected chi connectivity index (χ2v) is 5.09. The minimum absolute atomic E-state index is 0.0151. The highest BCUT2D eigenvalue weighted by Gasteiger charge is 2.13. The van der Waals surface area contributed by atoms with Crippen molar-refractivity contribution >= 4 is 0 Å². The molecule has 1 fully saturated rings. The fourth-order valence-electron chi connectivity index (χ4n) is 2.22. The Morgan fingerprint density at radius 2 is 2.29 bits per heavy atom. The second-order valence-electron chi connectivity index (χ2n) is 5.09. The van der Waals surface area contributed by atoms with Crippen LogP contribution in [0.1, 0.15) is 36.8 Å². The van der Waals surface area contributed by atoms with E-state index in [1.807, 2.05) is 0 Å². The summed E-state index contributed by atoms with van der Waals surface area (Å²) in [6.07, 6.45) is 3.89. The zero-order chi connectivity index (χ0) is 14.9. The third-order valence-corrected chi connectivity index (χ3v) is 3.34. The number of ether oxygens (including phenoxy) is 2. The Morgan fingerprint density at radius 3 is 3.05 bits per heavy atom. The van der Waals surface area contributed by atoms with E-state index >= 15 is 0 Å². The Labute approximate surface area is 125 Å². The van der Waals surface area contributed by atoms with Gasteiger partial charge in [0.15, 0.2) is 0 Å². The van der Waals surface area contributed by atoms with Gasteiger partial charge in [-0.1, -0.05) is 17.9 Å². The minimum Gasteiger partial charge on any atom is -0.395 e. The Bertz CT molecular complexity index is 498. The zero-order valence-electron chi connectivity index (χ0n) is 12.1. The van der Waals surface area contributed by atoms with Crippen LogP contribution in [0.3, 0.4) is 0 Å². The molecule has 0 bridgehead atoms. The van der Waals surface area contributed by atoms with Crippen molar-refractivity contribution in [3.8, 4) is 11.8 Å². The molecule has 21 heavy (non-hydrogen) atoms. The van der Waals surface area contributed by atoms with Crippen LogP contribution in [0.4, 0.5) is 4.39 Å². The van der Waals surface area contributed by atoms with Crippen LogP contribution in [0.2, 0.25) is 0 Å². The average molecular weight is 292 g/mol. The van der Waals surface area contributed by atoms with Crippen molar-refractivity contribution < 1.29 is 19.0 Å². The largest absolute Gasteiger partial charge is 0.395 e. The second kappa shape index (κ2) is 8.78. The van der Waals surface area contributed by atoms with E-state index in [-0.39, 0.29) is 18.5 Å². The predicted octanol–water partition coefficient (Wildman–Crippen LogP) is 2.65. The molecule has 0 aromatic heterocycles. The fourth-order valence-corrected chi connectivity index (χ4v) is 2.22. The molecule has 1 aromatic rings. The van der Waals surface area contributed by atoms with Crippen molar-refractivity contribution in [2.45, 2.75) is 38.4 Å². The van der Waals surface area contributed by atoms with E-state index in [1.165, 1.54) is 12.5 Å². The molecule has 1 aliphatic heterocycles. The van der Waals surface area contributed by atoms with Crippen molar-refractivity contribution in [3.05, 3.63) is 35.1 Å². The van der Waals surface area contributed by atoms with E-state index in [0.717, 1.165) is 25.0 Å². The lowest BCUT2D eigenvalue weighted by Crippen LogP contribution is -2.24. The average Bonchev–Trinajstić information content (AvgIpc) is 2.51. The summed E-state index contributed by atoms with van der Waals surface area (Å²) < 4.78 is 24.8. The number of hydrogen-bond acceptors (Lipinski definition) is 3. The maximum atomic E-state index is 13.6. The molecule has 0 saturated carbocycles. The maximum Gasteiger partial charge on any atom is 0.138 e. The van der Waals surface area contributed by atoms with Crippen LogP contribution in [-0.4, -0.2) is 31.0 Å². The van der Waals surface area contributed by atoms with Crippen LogP contribution in [0.25, 0.3) is 0 Å². The number of rotatable bonds is 5. The highest BCUT2D eigenvalue weighted by atomic mass is 19.1. The van der Waals surface area contributed by atoms with Gasteiger partial charge in [0.2, 0.25) is 0 Å². The summed E-state index contributed by atoms with van der Waals surface area (Å²) in [5, 5.41) is 8.68. The van der Waals surface area contributed by atoms with Crippen molar-refractivity contribution in [1.29, 1.82) is 0 Å². The number of benzene rings is 1. The molecule has 0 amide bonds. The summed E-state index contributed by atoms with van der Waals surface area (Å²) in [7, 11) is 0. The van der Waals surface area contributed by atoms with E-state index in [0.29, 0.717) is 25.2 Å². The summed E-state index contributed by atoms with van der Waals surface area (Å²) in [6.45, 7) is 1.80. The van der Waals surface area contributed by atoms with Gasteiger partial charge in [-0.3, -0.25) is 0 Å². The van der Waals surface area contributed by atoms with E-state index in [4.69, 9.17) is 14.6 Å². The molecule has 0 aliphatic carbocycles. The van der Waals surface area contributed by atoms with E-state index in [9.17, 15) is 4.39 Å². The smallest absolute Gasteiger partial charge is 0.138 e. The molecule has 4 heteroatoms. The Hall–Kier alpha value is -1.41. The third kappa shape index (κ3) is 5.47. The molecule has 114 valence electrons. The first-order valence-corrected chi connectivity index (χ1v) is 7.37.